The molecular formula is C11H14BrN3O2. The lowest BCUT2D eigenvalue weighted by Crippen LogP contribution is -2.08. The fourth-order valence-electron chi connectivity index (χ4n) is 1.04. The van der Waals surface area contributed by atoms with Gasteiger partial charge in [-0.05, 0) is 28.9 Å². The van der Waals surface area contributed by atoms with Gasteiger partial charge in [0.2, 0.25) is 0 Å². The van der Waals surface area contributed by atoms with E-state index >= 15 is 0 Å². The van der Waals surface area contributed by atoms with Crippen LogP contribution in [0.3, 0.4) is 0 Å². The topological polar surface area (TPSA) is 54.8 Å². The molecule has 1 heterocycles. The van der Waals surface area contributed by atoms with E-state index in [9.17, 15) is 4.79 Å². The molecule has 0 atom stereocenters. The number of hydrogen-bond donors (Lipinski definition) is 0. The maximum Gasteiger partial charge on any atom is 0.339 e. The number of carbonyl (C=O) groups excluding carboxylic acids is 1. The van der Waals surface area contributed by atoms with Crippen LogP contribution in [-0.2, 0) is 4.74 Å². The molecule has 1 aromatic heterocycles. The van der Waals surface area contributed by atoms with E-state index in [0.717, 1.165) is 0 Å². The summed E-state index contributed by atoms with van der Waals surface area (Å²) in [4.78, 5) is 21.6. The van der Waals surface area contributed by atoms with Crippen molar-refractivity contribution in [1.29, 1.82) is 0 Å². The van der Waals surface area contributed by atoms with Crippen LogP contribution in [0.5, 0.6) is 0 Å². The Bertz CT molecular complexity index is 433. The Morgan fingerprint density at radius 3 is 2.94 bits per heavy atom. The van der Waals surface area contributed by atoms with Gasteiger partial charge in [-0.1, -0.05) is 0 Å². The lowest BCUT2D eigenvalue weighted by Gasteiger charge is -2.05. The van der Waals surface area contributed by atoms with Gasteiger partial charge in [0.1, 0.15) is 0 Å². The van der Waals surface area contributed by atoms with Gasteiger partial charge in [0.25, 0.3) is 0 Å². The van der Waals surface area contributed by atoms with E-state index in [1.54, 1.807) is 24.2 Å². The fourth-order valence-corrected chi connectivity index (χ4v) is 1.42. The van der Waals surface area contributed by atoms with Gasteiger partial charge in [-0.15, -0.1) is 0 Å². The number of halogens is 1. The van der Waals surface area contributed by atoms with Crippen LogP contribution in [-0.4, -0.2) is 42.9 Å². The highest BCUT2D eigenvalue weighted by molar-refractivity contribution is 9.10. The Morgan fingerprint density at radius 1 is 1.65 bits per heavy atom. The molecule has 0 saturated carbocycles. The van der Waals surface area contributed by atoms with Gasteiger partial charge in [-0.2, -0.15) is 0 Å². The van der Waals surface area contributed by atoms with Crippen LogP contribution < -0.4 is 0 Å². The number of carbonyl (C=O) groups is 1. The van der Waals surface area contributed by atoms with Crippen molar-refractivity contribution in [2.45, 2.75) is 6.92 Å². The van der Waals surface area contributed by atoms with Gasteiger partial charge < -0.3 is 9.64 Å². The van der Waals surface area contributed by atoms with Crippen molar-refractivity contribution >= 4 is 34.1 Å². The predicted molar refractivity (Wildman–Crippen MR) is 69.7 cm³/mol. The molecule has 6 heteroatoms. The maximum atomic E-state index is 11.6. The van der Waals surface area contributed by atoms with Gasteiger partial charge in [-0.3, -0.25) is 0 Å². The van der Waals surface area contributed by atoms with Gasteiger partial charge in [0, 0.05) is 20.3 Å². The van der Waals surface area contributed by atoms with E-state index in [4.69, 9.17) is 4.74 Å². The number of aliphatic imine (C=N–C) groups is 1. The summed E-state index contributed by atoms with van der Waals surface area (Å²) in [7, 11) is 3.71. The molecule has 0 fully saturated rings. The van der Waals surface area contributed by atoms with Crippen LogP contribution in [0.15, 0.2) is 21.7 Å². The molecule has 0 aromatic carbocycles. The molecule has 0 radical (unpaired) electrons. The van der Waals surface area contributed by atoms with Gasteiger partial charge >= 0.3 is 5.97 Å². The first-order valence-electron chi connectivity index (χ1n) is 5.08. The minimum atomic E-state index is -0.386. The highest BCUT2D eigenvalue weighted by Gasteiger charge is 2.12. The lowest BCUT2D eigenvalue weighted by molar-refractivity contribution is 0.0525. The van der Waals surface area contributed by atoms with Crippen molar-refractivity contribution in [2.24, 2.45) is 4.99 Å². The van der Waals surface area contributed by atoms with Gasteiger partial charge in [-0.25, -0.2) is 14.8 Å². The van der Waals surface area contributed by atoms with E-state index in [2.05, 4.69) is 25.9 Å². The van der Waals surface area contributed by atoms with Gasteiger partial charge in [0.15, 0.2) is 5.82 Å². The van der Waals surface area contributed by atoms with Crippen molar-refractivity contribution in [3.05, 3.63) is 22.3 Å². The highest BCUT2D eigenvalue weighted by Crippen LogP contribution is 2.20. The van der Waals surface area contributed by atoms with Crippen molar-refractivity contribution in [3.8, 4) is 0 Å². The molecule has 0 aliphatic rings. The molecule has 0 saturated heterocycles. The monoisotopic (exact) mass is 299 g/mol. The first kappa shape index (κ1) is 13.6. The number of hydrogen-bond acceptors (Lipinski definition) is 4. The zero-order valence-corrected chi connectivity index (χ0v) is 11.6. The average molecular weight is 300 g/mol. The Kier molecular flexibility index (Phi) is 5.09. The molecule has 1 aromatic rings. The Morgan fingerprint density at radius 2 is 2.35 bits per heavy atom. The molecule has 0 unspecified atom stereocenters. The summed E-state index contributed by atoms with van der Waals surface area (Å²) in [6.45, 7) is 2.10. The van der Waals surface area contributed by atoms with E-state index in [1.807, 2.05) is 14.1 Å². The summed E-state index contributed by atoms with van der Waals surface area (Å²) in [5.74, 6) is 0.0769. The van der Waals surface area contributed by atoms with E-state index in [0.29, 0.717) is 22.5 Å². The summed E-state index contributed by atoms with van der Waals surface area (Å²) < 4.78 is 5.53. The number of rotatable bonds is 4. The largest absolute Gasteiger partial charge is 0.462 e. The van der Waals surface area contributed by atoms with E-state index < -0.39 is 0 Å². The summed E-state index contributed by atoms with van der Waals surface area (Å²) in [6.07, 6.45) is 3.15. The normalized spacial score (nSPS) is 10.6. The number of nitrogens with zero attached hydrogens (tertiary/aromatic N) is 3. The second kappa shape index (κ2) is 6.34. The molecule has 0 N–H and O–H groups in total. The first-order chi connectivity index (χ1) is 8.04. The molecule has 92 valence electrons. The summed E-state index contributed by atoms with van der Waals surface area (Å²) in [5, 5.41) is 0. The number of pyridine rings is 1. The molecule has 5 nitrogen and oxygen atoms in total. The highest BCUT2D eigenvalue weighted by atomic mass is 79.9. The van der Waals surface area contributed by atoms with Crippen LogP contribution >= 0.6 is 15.9 Å². The molecule has 0 aliphatic carbocycles. The number of esters is 1. The van der Waals surface area contributed by atoms with Crippen molar-refractivity contribution in [3.63, 3.8) is 0 Å². The summed E-state index contributed by atoms with van der Waals surface area (Å²) >= 11 is 3.26. The average Bonchev–Trinajstić information content (AvgIpc) is 2.28. The van der Waals surface area contributed by atoms with Crippen LogP contribution in [0, 0.1) is 0 Å². The number of aromatic nitrogens is 1. The van der Waals surface area contributed by atoms with Crippen LogP contribution in [0.1, 0.15) is 17.3 Å². The van der Waals surface area contributed by atoms with Crippen molar-refractivity contribution in [2.75, 3.05) is 20.7 Å². The zero-order valence-electron chi connectivity index (χ0n) is 9.98. The Labute approximate surface area is 109 Å². The van der Waals surface area contributed by atoms with Crippen molar-refractivity contribution < 1.29 is 9.53 Å². The van der Waals surface area contributed by atoms with Crippen LogP contribution in [0.4, 0.5) is 5.82 Å². The summed E-state index contributed by atoms with van der Waals surface area (Å²) in [5.41, 5.74) is 0.424. The minimum absolute atomic E-state index is 0.337. The number of ether oxygens (including phenoxy) is 1. The van der Waals surface area contributed by atoms with E-state index in [1.165, 1.54) is 6.20 Å². The van der Waals surface area contributed by atoms with Crippen LogP contribution in [0.2, 0.25) is 0 Å². The lowest BCUT2D eigenvalue weighted by atomic mass is 10.2. The van der Waals surface area contributed by atoms with Crippen LogP contribution in [0.25, 0.3) is 0 Å². The van der Waals surface area contributed by atoms with E-state index in [-0.39, 0.29) is 5.97 Å². The smallest absolute Gasteiger partial charge is 0.339 e. The molecule has 0 spiro atoms. The Hall–Kier alpha value is -1.43. The molecule has 0 aliphatic heterocycles. The second-order valence-electron chi connectivity index (χ2n) is 3.45. The second-order valence-corrected chi connectivity index (χ2v) is 4.31. The fraction of sp³-hybridized carbons (Fsp3) is 0.364. The van der Waals surface area contributed by atoms with Crippen molar-refractivity contribution in [1.82, 2.24) is 9.88 Å². The SMILES string of the molecule is CCOC(=O)c1cc(/N=C/N(C)C)ncc1Br. The minimum Gasteiger partial charge on any atom is -0.462 e. The molecule has 0 amide bonds. The standard InChI is InChI=1S/C11H14BrN3O2/c1-4-17-11(16)8-5-10(13-6-9(8)12)14-7-15(2)3/h5-7H,4H2,1-3H3/b14-7+. The van der Waals surface area contributed by atoms with Gasteiger partial charge in [0.05, 0.1) is 23.0 Å². The Balaban J connectivity index is 2.98. The quantitative estimate of drug-likeness (QED) is 0.486. The molecule has 1 rings (SSSR count). The molecule has 0 bridgehead atoms. The third-order valence-electron chi connectivity index (χ3n) is 1.76. The zero-order chi connectivity index (χ0) is 12.8. The third-order valence-corrected chi connectivity index (χ3v) is 2.39. The molecular weight excluding hydrogens is 286 g/mol. The third kappa shape index (κ3) is 4.14. The predicted octanol–water partition coefficient (Wildman–Crippen LogP) is 2.24. The maximum absolute atomic E-state index is 11.6. The summed E-state index contributed by atoms with van der Waals surface area (Å²) in [6, 6.07) is 1.59. The first-order valence-corrected chi connectivity index (χ1v) is 5.87. The molecule has 17 heavy (non-hydrogen) atoms.